The number of hydrogen-bond acceptors (Lipinski definition) is 0. The molecule has 10 heavy (non-hydrogen) atoms. The summed E-state index contributed by atoms with van der Waals surface area (Å²) in [6.45, 7) is 0. The molecule has 0 aromatic carbocycles. The SMILES string of the molecule is FC(F)(F)Br.FC(F)(F)Cl. The molecule has 0 aliphatic carbocycles. The molecule has 0 saturated heterocycles. The topological polar surface area (TPSA) is 0 Å². The molecule has 0 atom stereocenters. The van der Waals surface area contributed by atoms with Crippen molar-refractivity contribution in [2.24, 2.45) is 0 Å². The molecule has 0 amide bonds. The first-order valence-corrected chi connectivity index (χ1v) is 2.68. The van der Waals surface area contributed by atoms with Gasteiger partial charge >= 0.3 is 10.7 Å². The minimum absolute atomic E-state index is 1.38. The zero-order valence-corrected chi connectivity index (χ0v) is 6.37. The maximum Gasteiger partial charge on any atom is 0.475 e. The highest BCUT2D eigenvalue weighted by molar-refractivity contribution is 9.09. The summed E-state index contributed by atoms with van der Waals surface area (Å²) in [5.41, 5.74) is -4.53. The molecule has 0 N–H and O–H groups in total. The van der Waals surface area contributed by atoms with Gasteiger partial charge in [-0.2, -0.15) is 26.3 Å². The van der Waals surface area contributed by atoms with Crippen molar-refractivity contribution in [3.05, 3.63) is 0 Å². The average Bonchev–Trinajstić information content (AvgIpc) is 1.12. The highest BCUT2D eigenvalue weighted by atomic mass is 79.9. The van der Waals surface area contributed by atoms with Crippen molar-refractivity contribution < 1.29 is 26.3 Å². The first-order valence-electron chi connectivity index (χ1n) is 1.51. The molecule has 0 nitrogen and oxygen atoms in total. The van der Waals surface area contributed by atoms with Crippen molar-refractivity contribution in [1.29, 1.82) is 0 Å². The molecule has 0 heterocycles. The number of alkyl halides is 8. The third-order valence-electron chi connectivity index (χ3n) is 0. The summed E-state index contributed by atoms with van der Waals surface area (Å²) in [6, 6.07) is 0. The molecule has 0 spiro atoms. The van der Waals surface area contributed by atoms with Crippen LogP contribution >= 0.6 is 27.5 Å². The van der Waals surface area contributed by atoms with Gasteiger partial charge in [0.2, 0.25) is 0 Å². The fraction of sp³-hybridized carbons (Fsp3) is 1.00. The van der Waals surface area contributed by atoms with Crippen LogP contribution in [0.15, 0.2) is 0 Å². The van der Waals surface area contributed by atoms with Crippen molar-refractivity contribution in [3.8, 4) is 0 Å². The van der Waals surface area contributed by atoms with Crippen LogP contribution in [0.5, 0.6) is 0 Å². The van der Waals surface area contributed by atoms with E-state index in [4.69, 9.17) is 0 Å². The molecule has 0 bridgehead atoms. The minimum Gasteiger partial charge on any atom is -0.160 e. The maximum absolute atomic E-state index is 10.3. The van der Waals surface area contributed by atoms with Crippen molar-refractivity contribution in [2.75, 3.05) is 0 Å². The van der Waals surface area contributed by atoms with Gasteiger partial charge in [0.05, 0.1) is 0 Å². The van der Waals surface area contributed by atoms with Gasteiger partial charge < -0.3 is 0 Å². The Morgan fingerprint density at radius 2 is 0.900 bits per heavy atom. The quantitative estimate of drug-likeness (QED) is 0.456. The highest BCUT2D eigenvalue weighted by Crippen LogP contribution is 2.21. The van der Waals surface area contributed by atoms with E-state index in [1.165, 1.54) is 15.9 Å². The number of hydrogen-bond donors (Lipinski definition) is 0. The molecule has 0 radical (unpaired) electrons. The van der Waals surface area contributed by atoms with E-state index in [1.54, 1.807) is 0 Å². The summed E-state index contributed by atoms with van der Waals surface area (Å²) >= 11 is 4.91. The lowest BCUT2D eigenvalue weighted by molar-refractivity contribution is -0.0420. The van der Waals surface area contributed by atoms with Gasteiger partial charge in [-0.25, -0.2) is 0 Å². The zero-order chi connectivity index (χ0) is 9.00. The monoisotopic (exact) mass is 252 g/mol. The Labute approximate surface area is 65.3 Å². The molecule has 0 aromatic rings. The average molecular weight is 253 g/mol. The van der Waals surface area contributed by atoms with E-state index in [1.807, 2.05) is 0 Å². The van der Waals surface area contributed by atoms with Crippen LogP contribution in [0.3, 0.4) is 0 Å². The van der Waals surface area contributed by atoms with Crippen molar-refractivity contribution >= 4 is 27.5 Å². The predicted octanol–water partition coefficient (Wildman–Crippen LogP) is 3.65. The predicted molar refractivity (Wildman–Crippen MR) is 26.9 cm³/mol. The van der Waals surface area contributed by atoms with Crippen LogP contribution in [0.4, 0.5) is 26.3 Å². The van der Waals surface area contributed by atoms with Gasteiger partial charge in [0, 0.05) is 15.9 Å². The second kappa shape index (κ2) is 4.27. The number of rotatable bonds is 0. The molecular formula is C2BrClF6. The molecule has 0 aromatic heterocycles. The van der Waals surface area contributed by atoms with Crippen LogP contribution in [-0.2, 0) is 0 Å². The Balaban J connectivity index is 0. The largest absolute Gasteiger partial charge is 0.475 e. The van der Waals surface area contributed by atoms with E-state index < -0.39 is 10.7 Å². The Hall–Kier alpha value is 0.350. The van der Waals surface area contributed by atoms with Crippen LogP contribution < -0.4 is 0 Å². The molecule has 0 aliphatic rings. The van der Waals surface area contributed by atoms with Gasteiger partial charge in [0.1, 0.15) is 0 Å². The lowest BCUT2D eigenvalue weighted by Gasteiger charge is -1.85. The van der Waals surface area contributed by atoms with Crippen LogP contribution in [0.1, 0.15) is 0 Å². The standard InChI is InChI=1S/CBrF3.CClF3/c2*2-1(3,4)5. The van der Waals surface area contributed by atoms with Crippen LogP contribution in [-0.4, -0.2) is 10.7 Å². The summed E-state index contributed by atoms with van der Waals surface area (Å²) in [5.74, 6) is 0. The summed E-state index contributed by atoms with van der Waals surface area (Å²) in [4.78, 5) is 0. The minimum atomic E-state index is -4.53. The summed E-state index contributed by atoms with van der Waals surface area (Å²) < 4.78 is 61.2. The van der Waals surface area contributed by atoms with E-state index in [-0.39, 0.29) is 0 Å². The van der Waals surface area contributed by atoms with Gasteiger partial charge in [-0.05, 0) is 11.6 Å². The van der Waals surface area contributed by atoms with Crippen molar-refractivity contribution in [1.82, 2.24) is 0 Å². The molecule has 0 unspecified atom stereocenters. The van der Waals surface area contributed by atoms with Crippen LogP contribution in [0.25, 0.3) is 0 Å². The van der Waals surface area contributed by atoms with E-state index in [2.05, 4.69) is 11.6 Å². The van der Waals surface area contributed by atoms with E-state index in [0.717, 1.165) is 0 Å². The van der Waals surface area contributed by atoms with Gasteiger partial charge in [-0.15, -0.1) is 0 Å². The van der Waals surface area contributed by atoms with Gasteiger partial charge in [-0.1, -0.05) is 0 Å². The van der Waals surface area contributed by atoms with E-state index in [0.29, 0.717) is 0 Å². The Morgan fingerprint density at radius 1 is 0.900 bits per heavy atom. The smallest absolute Gasteiger partial charge is 0.160 e. The molecule has 0 saturated carbocycles. The van der Waals surface area contributed by atoms with Gasteiger partial charge in [0.15, 0.2) is 0 Å². The van der Waals surface area contributed by atoms with Gasteiger partial charge in [-0.3, -0.25) is 0 Å². The fourth-order valence-electron chi connectivity index (χ4n) is 0. The molecular weight excluding hydrogens is 253 g/mol. The third kappa shape index (κ3) is 3680. The van der Waals surface area contributed by atoms with Crippen molar-refractivity contribution in [3.63, 3.8) is 0 Å². The second-order valence-electron chi connectivity index (χ2n) is 0.857. The molecule has 64 valence electrons. The Kier molecular flexibility index (Phi) is 5.55. The maximum atomic E-state index is 10.3. The number of halogens is 8. The second-order valence-corrected chi connectivity index (χ2v) is 2.18. The highest BCUT2D eigenvalue weighted by Gasteiger charge is 2.20. The van der Waals surface area contributed by atoms with E-state index in [9.17, 15) is 26.3 Å². The molecule has 8 heteroatoms. The van der Waals surface area contributed by atoms with Crippen LogP contribution in [0.2, 0.25) is 0 Å². The zero-order valence-electron chi connectivity index (χ0n) is 4.02. The molecule has 0 rings (SSSR count). The Bertz CT molecular complexity index is 58.7. The molecule has 0 fully saturated rings. The first-order chi connectivity index (χ1) is 4.00. The first kappa shape index (κ1) is 13.0. The van der Waals surface area contributed by atoms with E-state index >= 15 is 0 Å². The summed E-state index contributed by atoms with van der Waals surface area (Å²) in [5, 5.41) is -4.19. The summed E-state index contributed by atoms with van der Waals surface area (Å²) in [7, 11) is 0. The fourth-order valence-corrected chi connectivity index (χ4v) is 0. The molecule has 0 aliphatic heterocycles. The Morgan fingerprint density at radius 3 is 0.900 bits per heavy atom. The third-order valence-corrected chi connectivity index (χ3v) is 0. The lowest BCUT2D eigenvalue weighted by Crippen LogP contribution is -1.89. The normalized spacial score (nSPS) is 12.0. The lowest BCUT2D eigenvalue weighted by atomic mass is 11.6. The van der Waals surface area contributed by atoms with Crippen LogP contribution in [0, 0.1) is 0 Å². The van der Waals surface area contributed by atoms with Gasteiger partial charge in [0.25, 0.3) is 0 Å². The van der Waals surface area contributed by atoms with Crippen molar-refractivity contribution in [2.45, 2.75) is 10.7 Å². The summed E-state index contributed by atoms with van der Waals surface area (Å²) in [6.07, 6.45) is 0.